The minimum Gasteiger partial charge on any atom is -0.369 e. The second-order valence-electron chi connectivity index (χ2n) is 8.72. The van der Waals surface area contributed by atoms with E-state index in [0.29, 0.717) is 40.0 Å². The fraction of sp³-hybridized carbons (Fsp3) is 0.280. The van der Waals surface area contributed by atoms with Crippen LogP contribution in [0.1, 0.15) is 37.8 Å². The van der Waals surface area contributed by atoms with Crippen LogP contribution in [0.25, 0.3) is 22.6 Å². The monoisotopic (exact) mass is 446 g/mol. The number of primary amides is 1. The number of H-pyrrole nitrogens is 1. The van der Waals surface area contributed by atoms with Gasteiger partial charge in [-0.3, -0.25) is 14.6 Å². The summed E-state index contributed by atoms with van der Waals surface area (Å²) in [6.45, 7) is 3.58. The second kappa shape index (κ2) is 8.60. The van der Waals surface area contributed by atoms with E-state index in [1.54, 1.807) is 32.3 Å². The number of carbonyl (C=O) groups excluding carboxylic acids is 1. The first-order chi connectivity index (χ1) is 15.2. The van der Waals surface area contributed by atoms with E-state index in [4.69, 9.17) is 17.3 Å². The largest absolute Gasteiger partial charge is 0.369 e. The van der Waals surface area contributed by atoms with E-state index in [0.717, 1.165) is 24.0 Å². The number of carbonyl (C=O) groups is 1. The van der Waals surface area contributed by atoms with E-state index >= 15 is 0 Å². The van der Waals surface area contributed by atoms with Crippen molar-refractivity contribution in [2.24, 2.45) is 17.1 Å². The maximum absolute atomic E-state index is 12.4. The first-order valence-electron chi connectivity index (χ1n) is 10.4. The molecule has 0 saturated heterocycles. The van der Waals surface area contributed by atoms with Gasteiger partial charge in [0.05, 0.1) is 10.7 Å². The molecule has 0 aliphatic heterocycles. The molecule has 6 nitrogen and oxygen atoms in total. The molecule has 162 valence electrons. The topological polar surface area (TPSA) is 102 Å². The third-order valence-corrected chi connectivity index (χ3v) is 5.70. The van der Waals surface area contributed by atoms with Gasteiger partial charge in [-0.25, -0.2) is 4.98 Å². The number of nitrogens with zero attached hydrogens (tertiary/aromatic N) is 2. The number of amides is 1. The number of nitrogens with one attached hydrogen (secondary N) is 1. The molecule has 0 atom stereocenters. The smallest absolute Gasteiger partial charge is 0.251 e. The van der Waals surface area contributed by atoms with Gasteiger partial charge < -0.3 is 10.7 Å². The van der Waals surface area contributed by atoms with Crippen molar-refractivity contribution in [2.75, 3.05) is 0 Å². The first-order valence-corrected chi connectivity index (χ1v) is 10.8. The van der Waals surface area contributed by atoms with Crippen molar-refractivity contribution in [3.63, 3.8) is 0 Å². The summed E-state index contributed by atoms with van der Waals surface area (Å²) in [6.07, 6.45) is 6.09. The molecule has 7 heteroatoms. The number of pyridine rings is 1. The molecule has 0 unspecified atom stereocenters. The third kappa shape index (κ3) is 5.06. The Hall–Kier alpha value is -3.43. The van der Waals surface area contributed by atoms with Gasteiger partial charge in [0.25, 0.3) is 5.56 Å². The highest BCUT2D eigenvalue weighted by Crippen LogP contribution is 2.30. The summed E-state index contributed by atoms with van der Waals surface area (Å²) in [5.41, 5.74) is 7.88. The summed E-state index contributed by atoms with van der Waals surface area (Å²) >= 11 is 6.43. The summed E-state index contributed by atoms with van der Waals surface area (Å²) < 4.78 is 0. The molecule has 4 rings (SSSR count). The zero-order valence-corrected chi connectivity index (χ0v) is 18.7. The van der Waals surface area contributed by atoms with Gasteiger partial charge in [-0.1, -0.05) is 43.4 Å². The molecule has 1 aromatic carbocycles. The lowest BCUT2D eigenvalue weighted by atomic mass is 9.85. The number of aromatic nitrogens is 3. The molecule has 3 aromatic rings. The van der Waals surface area contributed by atoms with Crippen LogP contribution in [0.4, 0.5) is 0 Å². The molecule has 1 amide bonds. The van der Waals surface area contributed by atoms with E-state index in [1.165, 1.54) is 6.07 Å². The van der Waals surface area contributed by atoms with E-state index in [1.807, 2.05) is 18.2 Å². The molecule has 0 bridgehead atoms. The summed E-state index contributed by atoms with van der Waals surface area (Å²) in [5, 5.41) is 0.438. The van der Waals surface area contributed by atoms with Crippen molar-refractivity contribution >= 4 is 17.5 Å². The Morgan fingerprint density at radius 3 is 2.75 bits per heavy atom. The van der Waals surface area contributed by atoms with E-state index in [9.17, 15) is 9.59 Å². The van der Waals surface area contributed by atoms with Gasteiger partial charge in [0.2, 0.25) is 5.91 Å². The van der Waals surface area contributed by atoms with E-state index in [-0.39, 0.29) is 11.5 Å². The molecule has 3 N–H and O–H groups in total. The number of nitrogens with two attached hydrogens (primary N) is 1. The summed E-state index contributed by atoms with van der Waals surface area (Å²) in [4.78, 5) is 35.8. The fourth-order valence-corrected chi connectivity index (χ4v) is 3.46. The van der Waals surface area contributed by atoms with Gasteiger partial charge >= 0.3 is 0 Å². The van der Waals surface area contributed by atoms with Crippen LogP contribution in [0.5, 0.6) is 0 Å². The lowest BCUT2D eigenvalue weighted by molar-refractivity contribution is -0.125. The van der Waals surface area contributed by atoms with Crippen molar-refractivity contribution < 1.29 is 4.79 Å². The minimum atomic E-state index is -0.721. The normalized spacial score (nSPS) is 13.3. The van der Waals surface area contributed by atoms with Gasteiger partial charge in [-0.05, 0) is 43.0 Å². The molecular weight excluding hydrogens is 424 g/mol. The maximum Gasteiger partial charge on any atom is 0.251 e. The molecule has 1 fully saturated rings. The van der Waals surface area contributed by atoms with Crippen LogP contribution < -0.4 is 11.3 Å². The average Bonchev–Trinajstić information content (AvgIpc) is 3.58. The Morgan fingerprint density at radius 1 is 1.25 bits per heavy atom. The number of benzene rings is 1. The highest BCUT2D eigenvalue weighted by atomic mass is 35.5. The predicted octanol–water partition coefficient (Wildman–Crippen LogP) is 3.97. The van der Waals surface area contributed by atoms with Crippen molar-refractivity contribution in [3.05, 3.63) is 69.2 Å². The molecule has 0 spiro atoms. The molecule has 2 heterocycles. The average molecular weight is 447 g/mol. The van der Waals surface area contributed by atoms with Crippen LogP contribution >= 0.6 is 11.6 Å². The Kier molecular flexibility index (Phi) is 5.86. The van der Waals surface area contributed by atoms with Gasteiger partial charge in [0.15, 0.2) is 0 Å². The van der Waals surface area contributed by atoms with Crippen LogP contribution in [-0.4, -0.2) is 20.9 Å². The maximum atomic E-state index is 12.4. The predicted molar refractivity (Wildman–Crippen MR) is 125 cm³/mol. The van der Waals surface area contributed by atoms with Crippen molar-refractivity contribution in [2.45, 2.75) is 33.1 Å². The number of hydrogen-bond acceptors (Lipinski definition) is 4. The third-order valence-electron chi connectivity index (χ3n) is 5.37. The molecule has 32 heavy (non-hydrogen) atoms. The van der Waals surface area contributed by atoms with Crippen molar-refractivity contribution in [3.8, 4) is 34.5 Å². The van der Waals surface area contributed by atoms with Crippen LogP contribution in [0, 0.1) is 23.2 Å². The number of hydrogen-bond donors (Lipinski definition) is 2. The van der Waals surface area contributed by atoms with Crippen LogP contribution in [0.15, 0.2) is 47.5 Å². The highest BCUT2D eigenvalue weighted by Gasteiger charge is 2.25. The lowest BCUT2D eigenvalue weighted by Gasteiger charge is -2.20. The summed E-state index contributed by atoms with van der Waals surface area (Å²) in [5.74, 6) is 6.78. The Balaban J connectivity index is 1.71. The van der Waals surface area contributed by atoms with Gasteiger partial charge in [0.1, 0.15) is 5.82 Å². The summed E-state index contributed by atoms with van der Waals surface area (Å²) in [7, 11) is 0. The Morgan fingerprint density at radius 2 is 2.03 bits per heavy atom. The molecule has 2 aromatic heterocycles. The Labute approximate surface area is 191 Å². The molecule has 0 radical (unpaired) electrons. The molecule has 1 saturated carbocycles. The molecular formula is C25H23ClN4O2. The van der Waals surface area contributed by atoms with E-state index < -0.39 is 5.41 Å². The number of rotatable bonds is 5. The van der Waals surface area contributed by atoms with Crippen LogP contribution in [0.3, 0.4) is 0 Å². The number of aromatic amines is 1. The zero-order chi connectivity index (χ0) is 22.9. The lowest BCUT2D eigenvalue weighted by Crippen LogP contribution is -2.33. The van der Waals surface area contributed by atoms with Gasteiger partial charge in [-0.15, -0.1) is 0 Å². The minimum absolute atomic E-state index is 0.307. The Bertz CT molecular complexity index is 1310. The van der Waals surface area contributed by atoms with E-state index in [2.05, 4.69) is 26.8 Å². The fourth-order valence-electron chi connectivity index (χ4n) is 3.26. The number of halogens is 1. The van der Waals surface area contributed by atoms with Gasteiger partial charge in [0, 0.05) is 46.5 Å². The zero-order valence-electron chi connectivity index (χ0n) is 17.9. The summed E-state index contributed by atoms with van der Waals surface area (Å²) in [6, 6.07) is 8.69. The second-order valence-corrected chi connectivity index (χ2v) is 9.13. The molecule has 1 aliphatic rings. The first kappa shape index (κ1) is 21.8. The highest BCUT2D eigenvalue weighted by molar-refractivity contribution is 6.33. The molecule has 1 aliphatic carbocycles. The van der Waals surface area contributed by atoms with Gasteiger partial charge in [-0.2, -0.15) is 0 Å². The van der Waals surface area contributed by atoms with Crippen LogP contribution in [-0.2, 0) is 11.2 Å². The standard InChI is InChI=1S/C25H23ClN4O2/c1-25(2,24(27)32)12-16-7-8-20(26)19(10-16)23-29-21(11-22(31)30-23)18-9-17(13-28-14-18)6-5-15-3-4-15/h7-11,13-15H,3-4,12H2,1-2H3,(H2,27,32)(H,29,30,31). The SMILES string of the molecule is CC(C)(Cc1ccc(Cl)c(-c2nc(-c3cncc(C#CC4CC4)c3)cc(=O)[nH]2)c1)C(N)=O. The van der Waals surface area contributed by atoms with Crippen molar-refractivity contribution in [1.29, 1.82) is 0 Å². The van der Waals surface area contributed by atoms with Crippen molar-refractivity contribution in [1.82, 2.24) is 15.0 Å². The quantitative estimate of drug-likeness (QED) is 0.579. The van der Waals surface area contributed by atoms with Crippen LogP contribution in [0.2, 0.25) is 5.02 Å².